The van der Waals surface area contributed by atoms with Crippen molar-refractivity contribution in [2.45, 2.75) is 33.7 Å². The second kappa shape index (κ2) is 7.83. The Balaban J connectivity index is 1.58. The van der Waals surface area contributed by atoms with E-state index in [-0.39, 0.29) is 11.4 Å². The van der Waals surface area contributed by atoms with E-state index < -0.39 is 0 Å². The van der Waals surface area contributed by atoms with Crippen LogP contribution >= 0.6 is 0 Å². The molecule has 1 aliphatic heterocycles. The van der Waals surface area contributed by atoms with Crippen LogP contribution < -0.4 is 15.3 Å². The first kappa shape index (κ1) is 20.3. The summed E-state index contributed by atoms with van der Waals surface area (Å²) < 4.78 is 25.9. The number of hydrogen-bond donors (Lipinski definition) is 0. The van der Waals surface area contributed by atoms with Crippen molar-refractivity contribution >= 4 is 16.7 Å². The lowest BCUT2D eigenvalue weighted by atomic mass is 9.96. The molecule has 4 nitrogen and oxygen atoms in total. The SMILES string of the molecule is Cc1ccc(N2COc3c(cc4c(C)c(Cc5ccccc5)c(=O)oc4c3C)C2)cc1F. The Morgan fingerprint density at radius 2 is 1.78 bits per heavy atom. The second-order valence-electron chi connectivity index (χ2n) is 8.43. The molecule has 1 aliphatic rings. The molecule has 32 heavy (non-hydrogen) atoms. The van der Waals surface area contributed by atoms with E-state index in [0.717, 1.165) is 39.1 Å². The Labute approximate surface area is 185 Å². The minimum Gasteiger partial charge on any atom is -0.472 e. The predicted octanol–water partition coefficient (Wildman–Crippen LogP) is 5.80. The Morgan fingerprint density at radius 3 is 2.53 bits per heavy atom. The van der Waals surface area contributed by atoms with E-state index in [9.17, 15) is 9.18 Å². The Kier molecular flexibility index (Phi) is 4.97. The van der Waals surface area contributed by atoms with Crippen LogP contribution in [0.3, 0.4) is 0 Å². The number of fused-ring (bicyclic) bond motifs is 2. The van der Waals surface area contributed by atoms with Crippen molar-refractivity contribution in [1.29, 1.82) is 0 Å². The first-order chi connectivity index (χ1) is 15.4. The molecule has 1 aromatic heterocycles. The normalized spacial score (nSPS) is 13.2. The van der Waals surface area contributed by atoms with E-state index in [4.69, 9.17) is 9.15 Å². The van der Waals surface area contributed by atoms with Crippen LogP contribution in [0.5, 0.6) is 5.75 Å². The third-order valence-electron chi connectivity index (χ3n) is 6.30. The topological polar surface area (TPSA) is 42.7 Å². The molecule has 0 amide bonds. The van der Waals surface area contributed by atoms with Crippen molar-refractivity contribution in [2.75, 3.05) is 11.6 Å². The van der Waals surface area contributed by atoms with Crippen LogP contribution in [-0.4, -0.2) is 6.73 Å². The highest BCUT2D eigenvalue weighted by molar-refractivity contribution is 5.87. The molecule has 0 atom stereocenters. The molecule has 3 aromatic carbocycles. The summed E-state index contributed by atoms with van der Waals surface area (Å²) in [5.41, 5.74) is 6.11. The van der Waals surface area contributed by atoms with Crippen LogP contribution in [0.4, 0.5) is 10.1 Å². The van der Waals surface area contributed by atoms with Gasteiger partial charge in [0.25, 0.3) is 0 Å². The first-order valence-corrected chi connectivity index (χ1v) is 10.7. The molecule has 0 N–H and O–H groups in total. The monoisotopic (exact) mass is 429 g/mol. The summed E-state index contributed by atoms with van der Waals surface area (Å²) in [4.78, 5) is 14.8. The van der Waals surface area contributed by atoms with Crippen molar-refractivity contribution < 1.29 is 13.5 Å². The molecule has 5 heteroatoms. The number of benzene rings is 3. The van der Waals surface area contributed by atoms with Gasteiger partial charge in [-0.05, 0) is 55.7 Å². The summed E-state index contributed by atoms with van der Waals surface area (Å²) in [6.45, 7) is 6.53. The zero-order valence-corrected chi connectivity index (χ0v) is 18.4. The van der Waals surface area contributed by atoms with Crippen LogP contribution in [-0.2, 0) is 13.0 Å². The smallest absolute Gasteiger partial charge is 0.340 e. The summed E-state index contributed by atoms with van der Waals surface area (Å²) in [6, 6.07) is 17.2. The minimum absolute atomic E-state index is 0.230. The molecular weight excluding hydrogens is 405 g/mol. The third-order valence-corrected chi connectivity index (χ3v) is 6.30. The lowest BCUT2D eigenvalue weighted by Crippen LogP contribution is -2.32. The largest absolute Gasteiger partial charge is 0.472 e. The molecule has 4 aromatic rings. The van der Waals surface area contributed by atoms with Gasteiger partial charge in [-0.2, -0.15) is 0 Å². The average Bonchev–Trinajstić information content (AvgIpc) is 2.80. The highest BCUT2D eigenvalue weighted by Gasteiger charge is 2.24. The maximum atomic E-state index is 14.1. The van der Waals surface area contributed by atoms with Gasteiger partial charge < -0.3 is 14.1 Å². The summed E-state index contributed by atoms with van der Waals surface area (Å²) in [7, 11) is 0. The van der Waals surface area contributed by atoms with Crippen molar-refractivity contribution in [3.63, 3.8) is 0 Å². The Morgan fingerprint density at radius 1 is 1.00 bits per heavy atom. The lowest BCUT2D eigenvalue weighted by molar-refractivity contribution is 0.287. The maximum Gasteiger partial charge on any atom is 0.340 e. The minimum atomic E-state index is -0.311. The fourth-order valence-electron chi connectivity index (χ4n) is 4.39. The van der Waals surface area contributed by atoms with E-state index in [1.165, 1.54) is 0 Å². The molecule has 0 unspecified atom stereocenters. The van der Waals surface area contributed by atoms with Crippen LogP contribution in [0.25, 0.3) is 11.0 Å². The van der Waals surface area contributed by atoms with Gasteiger partial charge in [0.15, 0.2) is 6.73 Å². The quantitative estimate of drug-likeness (QED) is 0.386. The van der Waals surface area contributed by atoms with Crippen molar-refractivity contribution in [2.24, 2.45) is 0 Å². The van der Waals surface area contributed by atoms with Gasteiger partial charge in [-0.15, -0.1) is 0 Å². The van der Waals surface area contributed by atoms with Crippen LogP contribution in [0.15, 0.2) is 63.8 Å². The molecule has 162 valence electrons. The predicted molar refractivity (Wildman–Crippen MR) is 124 cm³/mol. The van der Waals surface area contributed by atoms with E-state index in [1.54, 1.807) is 19.1 Å². The fourth-order valence-corrected chi connectivity index (χ4v) is 4.39. The highest BCUT2D eigenvalue weighted by Crippen LogP contribution is 2.37. The molecule has 5 rings (SSSR count). The molecule has 0 bridgehead atoms. The van der Waals surface area contributed by atoms with E-state index >= 15 is 0 Å². The maximum absolute atomic E-state index is 14.1. The molecule has 0 spiro atoms. The molecule has 0 fully saturated rings. The number of anilines is 1. The van der Waals surface area contributed by atoms with Crippen molar-refractivity contribution in [1.82, 2.24) is 0 Å². The zero-order valence-electron chi connectivity index (χ0n) is 18.4. The van der Waals surface area contributed by atoms with Crippen molar-refractivity contribution in [3.8, 4) is 5.75 Å². The van der Waals surface area contributed by atoms with Gasteiger partial charge in [0.2, 0.25) is 0 Å². The van der Waals surface area contributed by atoms with Gasteiger partial charge in [-0.3, -0.25) is 0 Å². The molecule has 0 radical (unpaired) electrons. The first-order valence-electron chi connectivity index (χ1n) is 10.7. The average molecular weight is 429 g/mol. The van der Waals surface area contributed by atoms with Crippen molar-refractivity contribution in [3.05, 3.63) is 104 Å². The number of rotatable bonds is 3. The molecule has 0 aliphatic carbocycles. The van der Waals surface area contributed by atoms with Crippen LogP contribution in [0.2, 0.25) is 0 Å². The van der Waals surface area contributed by atoms with Gasteiger partial charge >= 0.3 is 5.63 Å². The molecule has 0 saturated carbocycles. The number of ether oxygens (including phenoxy) is 1. The van der Waals surface area contributed by atoms with E-state index in [1.807, 2.05) is 61.2 Å². The van der Waals surface area contributed by atoms with Gasteiger partial charge in [0.05, 0.1) is 0 Å². The summed E-state index contributed by atoms with van der Waals surface area (Å²) in [5, 5.41) is 0.910. The fraction of sp³-hybridized carbons (Fsp3) is 0.222. The van der Waals surface area contributed by atoms with Gasteiger partial charge in [0.1, 0.15) is 17.1 Å². The zero-order chi connectivity index (χ0) is 22.4. The van der Waals surface area contributed by atoms with Gasteiger partial charge in [-0.1, -0.05) is 36.4 Å². The second-order valence-corrected chi connectivity index (χ2v) is 8.43. The lowest BCUT2D eigenvalue weighted by Gasteiger charge is -2.32. The Hall–Kier alpha value is -3.60. The summed E-state index contributed by atoms with van der Waals surface area (Å²) in [6.07, 6.45) is 0.520. The molecular formula is C27H24FNO3. The Bertz CT molecular complexity index is 1390. The van der Waals surface area contributed by atoms with E-state index in [0.29, 0.717) is 36.4 Å². The number of aryl methyl sites for hydroxylation is 3. The number of nitrogens with zero attached hydrogens (tertiary/aromatic N) is 1. The molecule has 0 saturated heterocycles. The van der Waals surface area contributed by atoms with Crippen LogP contribution in [0.1, 0.15) is 33.4 Å². The highest BCUT2D eigenvalue weighted by atomic mass is 19.1. The summed E-state index contributed by atoms with van der Waals surface area (Å²) in [5.74, 6) is 0.505. The molecule has 2 heterocycles. The number of hydrogen-bond acceptors (Lipinski definition) is 4. The van der Waals surface area contributed by atoms with E-state index in [2.05, 4.69) is 0 Å². The third kappa shape index (κ3) is 3.44. The van der Waals surface area contributed by atoms with Gasteiger partial charge in [0, 0.05) is 40.7 Å². The standard InChI is InChI=1S/C27H24FNO3/c1-16-9-10-21(13-24(16)28)29-14-20-12-22-17(2)23(11-19-7-5-4-6-8-19)27(30)32-26(22)18(3)25(20)31-15-29/h4-10,12-13H,11,14-15H2,1-3H3. The summed E-state index contributed by atoms with van der Waals surface area (Å²) >= 11 is 0. The van der Waals surface area contributed by atoms with Gasteiger partial charge in [-0.25, -0.2) is 9.18 Å². The number of halogens is 1. The van der Waals surface area contributed by atoms with Crippen LogP contribution in [0, 0.1) is 26.6 Å².